The summed E-state index contributed by atoms with van der Waals surface area (Å²) in [7, 11) is 0. The van der Waals surface area contributed by atoms with E-state index in [0.717, 1.165) is 12.1 Å². The fourth-order valence-electron chi connectivity index (χ4n) is 1.62. The van der Waals surface area contributed by atoms with E-state index in [9.17, 15) is 12.9 Å². The standard InChI is InChI=1S/C12H9BF3N2O/c14-13(15,16)10-3-5-11(6-4-10)18(9-17)8-12-2-1-7-19-12/h1-7H,8H2/q-1. The SMILES string of the molecule is N#CN(Cc1ccco1)c1ccc([B-](F)(F)F)cc1. The van der Waals surface area contributed by atoms with Crippen molar-refractivity contribution in [3.63, 3.8) is 0 Å². The fraction of sp³-hybridized carbons (Fsp3) is 0.0833. The molecule has 0 radical (unpaired) electrons. The summed E-state index contributed by atoms with van der Waals surface area (Å²) in [6, 6.07) is 7.87. The van der Waals surface area contributed by atoms with E-state index in [0.29, 0.717) is 11.4 Å². The van der Waals surface area contributed by atoms with Crippen LogP contribution in [-0.2, 0) is 6.54 Å². The Morgan fingerprint density at radius 1 is 1.16 bits per heavy atom. The van der Waals surface area contributed by atoms with Gasteiger partial charge in [-0.05, 0) is 24.3 Å². The third-order valence-corrected chi connectivity index (χ3v) is 2.60. The van der Waals surface area contributed by atoms with Crippen LogP contribution in [-0.4, -0.2) is 6.98 Å². The number of nitrogens with zero attached hydrogens (tertiary/aromatic N) is 2. The van der Waals surface area contributed by atoms with Crippen LogP contribution < -0.4 is 10.4 Å². The molecular formula is C12H9BF3N2O-. The number of halogens is 3. The summed E-state index contributed by atoms with van der Waals surface area (Å²) >= 11 is 0. The van der Waals surface area contributed by atoms with Crippen LogP contribution in [0.5, 0.6) is 0 Å². The van der Waals surface area contributed by atoms with E-state index in [1.165, 1.54) is 23.3 Å². The van der Waals surface area contributed by atoms with Gasteiger partial charge in [0.1, 0.15) is 5.76 Å². The van der Waals surface area contributed by atoms with Crippen LogP contribution in [0.15, 0.2) is 47.1 Å². The van der Waals surface area contributed by atoms with Gasteiger partial charge in [0.25, 0.3) is 0 Å². The topological polar surface area (TPSA) is 40.2 Å². The molecule has 0 aliphatic rings. The molecule has 98 valence electrons. The third kappa shape index (κ3) is 3.10. The number of hydrogen-bond acceptors (Lipinski definition) is 3. The van der Waals surface area contributed by atoms with Gasteiger partial charge in [-0.2, -0.15) is 5.26 Å². The molecule has 19 heavy (non-hydrogen) atoms. The van der Waals surface area contributed by atoms with Gasteiger partial charge in [-0.3, -0.25) is 4.90 Å². The van der Waals surface area contributed by atoms with Crippen molar-refractivity contribution in [2.24, 2.45) is 0 Å². The lowest BCUT2D eigenvalue weighted by molar-refractivity contribution is 0.501. The lowest BCUT2D eigenvalue weighted by atomic mass is 9.80. The zero-order chi connectivity index (χ0) is 13.9. The molecule has 0 aliphatic carbocycles. The highest BCUT2D eigenvalue weighted by Crippen LogP contribution is 2.17. The van der Waals surface area contributed by atoms with Crippen LogP contribution in [0.4, 0.5) is 18.6 Å². The molecule has 7 heteroatoms. The number of nitriles is 1. The first-order valence-electron chi connectivity index (χ1n) is 5.50. The van der Waals surface area contributed by atoms with Crippen molar-refractivity contribution in [1.82, 2.24) is 0 Å². The summed E-state index contributed by atoms with van der Waals surface area (Å²) in [6.07, 6.45) is 3.38. The molecule has 2 rings (SSSR count). The van der Waals surface area contributed by atoms with Crippen LogP contribution in [0.1, 0.15) is 5.76 Å². The van der Waals surface area contributed by atoms with Gasteiger partial charge in [-0.25, -0.2) is 0 Å². The Balaban J connectivity index is 2.18. The summed E-state index contributed by atoms with van der Waals surface area (Å²) in [5.41, 5.74) is -0.290. The first kappa shape index (κ1) is 13.1. The quantitative estimate of drug-likeness (QED) is 0.484. The van der Waals surface area contributed by atoms with Crippen LogP contribution in [0.3, 0.4) is 0 Å². The highest BCUT2D eigenvalue weighted by molar-refractivity contribution is 6.73. The number of rotatable bonds is 4. The van der Waals surface area contributed by atoms with Gasteiger partial charge in [0, 0.05) is 0 Å². The molecule has 0 atom stereocenters. The lowest BCUT2D eigenvalue weighted by Gasteiger charge is -2.18. The zero-order valence-corrected chi connectivity index (χ0v) is 9.76. The predicted octanol–water partition coefficient (Wildman–Crippen LogP) is 2.82. The minimum atomic E-state index is -5.01. The van der Waals surface area contributed by atoms with E-state index >= 15 is 0 Å². The highest BCUT2D eigenvalue weighted by atomic mass is 19.4. The molecule has 0 amide bonds. The maximum atomic E-state index is 12.5. The van der Waals surface area contributed by atoms with E-state index in [1.54, 1.807) is 12.1 Å². The number of furan rings is 1. The van der Waals surface area contributed by atoms with Crippen LogP contribution in [0.25, 0.3) is 0 Å². The Kier molecular flexibility index (Phi) is 3.51. The molecule has 0 unspecified atom stereocenters. The van der Waals surface area contributed by atoms with Crippen molar-refractivity contribution in [3.05, 3.63) is 48.4 Å². The van der Waals surface area contributed by atoms with E-state index in [2.05, 4.69) is 0 Å². The molecule has 0 saturated carbocycles. The van der Waals surface area contributed by atoms with Crippen molar-refractivity contribution in [2.75, 3.05) is 4.90 Å². The van der Waals surface area contributed by atoms with Crippen LogP contribution in [0.2, 0.25) is 0 Å². The highest BCUT2D eigenvalue weighted by Gasteiger charge is 2.25. The van der Waals surface area contributed by atoms with Gasteiger partial charge in [0.2, 0.25) is 0 Å². The van der Waals surface area contributed by atoms with Crippen molar-refractivity contribution in [1.29, 1.82) is 5.26 Å². The lowest BCUT2D eigenvalue weighted by Crippen LogP contribution is -2.33. The van der Waals surface area contributed by atoms with Gasteiger partial charge in [0.15, 0.2) is 6.19 Å². The molecule has 2 aromatic rings. The Bertz CT molecular complexity index is 573. The molecule has 3 nitrogen and oxygen atoms in total. The van der Waals surface area contributed by atoms with Gasteiger partial charge >= 0.3 is 6.98 Å². The van der Waals surface area contributed by atoms with Crippen molar-refractivity contribution in [3.8, 4) is 6.19 Å². The molecule has 0 aliphatic heterocycles. The van der Waals surface area contributed by atoms with E-state index < -0.39 is 12.4 Å². The second-order valence-corrected chi connectivity index (χ2v) is 3.93. The third-order valence-electron chi connectivity index (χ3n) is 2.60. The van der Waals surface area contributed by atoms with Gasteiger partial charge in [0.05, 0.1) is 18.5 Å². The zero-order valence-electron chi connectivity index (χ0n) is 9.76. The first-order valence-corrected chi connectivity index (χ1v) is 5.50. The fourth-order valence-corrected chi connectivity index (χ4v) is 1.62. The number of hydrogen-bond donors (Lipinski definition) is 0. The van der Waals surface area contributed by atoms with Crippen molar-refractivity contribution in [2.45, 2.75) is 6.54 Å². The Hall–Kier alpha value is -2.36. The number of anilines is 1. The molecular weight excluding hydrogens is 256 g/mol. The molecule has 1 heterocycles. The van der Waals surface area contributed by atoms with Crippen LogP contribution in [0, 0.1) is 11.5 Å². The summed E-state index contributed by atoms with van der Waals surface area (Å²) in [5, 5.41) is 9.02. The molecule has 0 spiro atoms. The van der Waals surface area contributed by atoms with Crippen molar-refractivity contribution >= 4 is 18.1 Å². The second kappa shape index (κ2) is 5.10. The second-order valence-electron chi connectivity index (χ2n) is 3.93. The predicted molar refractivity (Wildman–Crippen MR) is 65.7 cm³/mol. The molecule has 1 aromatic heterocycles. The summed E-state index contributed by atoms with van der Waals surface area (Å²) in [6.45, 7) is -4.83. The minimum absolute atomic E-state index is 0.181. The average molecular weight is 265 g/mol. The Morgan fingerprint density at radius 2 is 1.84 bits per heavy atom. The summed E-state index contributed by atoms with van der Waals surface area (Å²) in [5.74, 6) is 0.561. The van der Waals surface area contributed by atoms with Crippen molar-refractivity contribution < 1.29 is 17.4 Å². The summed E-state index contributed by atoms with van der Waals surface area (Å²) < 4.78 is 42.5. The normalized spacial score (nSPS) is 11.1. The molecule has 0 bridgehead atoms. The summed E-state index contributed by atoms with van der Waals surface area (Å²) in [4.78, 5) is 1.26. The molecule has 0 fully saturated rings. The van der Waals surface area contributed by atoms with E-state index in [4.69, 9.17) is 9.68 Å². The maximum Gasteiger partial charge on any atom is 0.509 e. The van der Waals surface area contributed by atoms with Crippen LogP contribution >= 0.6 is 0 Å². The first-order chi connectivity index (χ1) is 9.00. The Morgan fingerprint density at radius 3 is 2.32 bits per heavy atom. The van der Waals surface area contributed by atoms with E-state index in [-0.39, 0.29) is 6.54 Å². The monoisotopic (exact) mass is 265 g/mol. The van der Waals surface area contributed by atoms with Gasteiger partial charge < -0.3 is 17.4 Å². The number of benzene rings is 1. The smallest absolute Gasteiger partial charge is 0.467 e. The Labute approximate surface area is 107 Å². The average Bonchev–Trinajstić information content (AvgIpc) is 2.88. The maximum absolute atomic E-state index is 12.5. The molecule has 1 aromatic carbocycles. The van der Waals surface area contributed by atoms with E-state index in [1.807, 2.05) is 6.19 Å². The minimum Gasteiger partial charge on any atom is -0.467 e. The largest absolute Gasteiger partial charge is 0.509 e. The molecule has 0 N–H and O–H groups in total. The molecule has 0 saturated heterocycles. The van der Waals surface area contributed by atoms with Gasteiger partial charge in [-0.1, -0.05) is 12.1 Å². The van der Waals surface area contributed by atoms with Gasteiger partial charge in [-0.15, -0.1) is 5.46 Å².